The molecule has 109 valence electrons. The van der Waals surface area contributed by atoms with Crippen molar-refractivity contribution in [3.8, 4) is 0 Å². The van der Waals surface area contributed by atoms with Gasteiger partial charge in [0.2, 0.25) is 0 Å². The Hall–Kier alpha value is -1.51. The Bertz CT molecular complexity index is 383. The number of rotatable bonds is 5. The molecule has 1 saturated carbocycles. The Labute approximate surface area is 121 Å². The van der Waals surface area contributed by atoms with Crippen LogP contribution in [0.5, 0.6) is 0 Å². The van der Waals surface area contributed by atoms with E-state index in [0.29, 0.717) is 12.5 Å². The van der Waals surface area contributed by atoms with Crippen LogP contribution in [0.4, 0.5) is 4.79 Å². The molecule has 2 rings (SSSR count). The highest BCUT2D eigenvalue weighted by atomic mass is 16.5. The molecule has 0 aromatic heterocycles. The zero-order chi connectivity index (χ0) is 14.0. The van der Waals surface area contributed by atoms with Gasteiger partial charge in [0.15, 0.2) is 0 Å². The van der Waals surface area contributed by atoms with Crippen LogP contribution in [-0.2, 0) is 11.2 Å². The highest BCUT2D eigenvalue weighted by molar-refractivity contribution is 5.67. The van der Waals surface area contributed by atoms with Gasteiger partial charge in [0.1, 0.15) is 0 Å². The van der Waals surface area contributed by atoms with Gasteiger partial charge in [0.05, 0.1) is 6.61 Å². The van der Waals surface area contributed by atoms with E-state index in [0.717, 1.165) is 13.0 Å². The lowest BCUT2D eigenvalue weighted by Crippen LogP contribution is -2.30. The van der Waals surface area contributed by atoms with E-state index in [1.54, 1.807) is 0 Å². The number of alkyl carbamates (subject to hydrolysis) is 1. The molecule has 1 fully saturated rings. The van der Waals surface area contributed by atoms with E-state index in [9.17, 15) is 4.79 Å². The first-order valence-electron chi connectivity index (χ1n) is 7.61. The standard InChI is InChI=1S/C17H24NO2/c19-17(18-14-16-10-4-1-2-5-11-16)20-13-12-15-8-6-3-7-9-15/h1,3,6-9,16H,2,4-5,10-14H2,(H,18,19). The molecule has 3 heteroatoms. The van der Waals surface area contributed by atoms with Crippen LogP contribution in [0.25, 0.3) is 0 Å². The quantitative estimate of drug-likeness (QED) is 0.831. The Morgan fingerprint density at radius 1 is 1.20 bits per heavy atom. The summed E-state index contributed by atoms with van der Waals surface area (Å²) in [5, 5.41) is 2.89. The lowest BCUT2D eigenvalue weighted by Gasteiger charge is -2.14. The van der Waals surface area contributed by atoms with Crippen LogP contribution in [0.2, 0.25) is 0 Å². The second kappa shape index (κ2) is 8.62. The van der Waals surface area contributed by atoms with Gasteiger partial charge in [-0.05, 0) is 37.2 Å². The molecule has 1 unspecified atom stereocenters. The second-order valence-electron chi connectivity index (χ2n) is 5.42. The molecule has 0 bridgehead atoms. The molecule has 1 aliphatic rings. The zero-order valence-electron chi connectivity index (χ0n) is 12.0. The van der Waals surface area contributed by atoms with Crippen LogP contribution in [0.3, 0.4) is 0 Å². The number of carbonyl (C=O) groups excluding carboxylic acids is 1. The summed E-state index contributed by atoms with van der Waals surface area (Å²) in [7, 11) is 0. The first kappa shape index (κ1) is 14.9. The molecule has 0 aliphatic heterocycles. The third-order valence-corrected chi connectivity index (χ3v) is 3.80. The van der Waals surface area contributed by atoms with E-state index >= 15 is 0 Å². The number of hydrogen-bond acceptors (Lipinski definition) is 2. The smallest absolute Gasteiger partial charge is 0.407 e. The van der Waals surface area contributed by atoms with Gasteiger partial charge in [-0.3, -0.25) is 0 Å². The fourth-order valence-corrected chi connectivity index (χ4v) is 2.58. The predicted octanol–water partition coefficient (Wildman–Crippen LogP) is 3.74. The van der Waals surface area contributed by atoms with Crippen molar-refractivity contribution in [2.24, 2.45) is 5.92 Å². The van der Waals surface area contributed by atoms with Gasteiger partial charge in [-0.1, -0.05) is 43.2 Å². The zero-order valence-corrected chi connectivity index (χ0v) is 12.0. The minimum absolute atomic E-state index is 0.283. The third-order valence-electron chi connectivity index (χ3n) is 3.80. The molecular weight excluding hydrogens is 250 g/mol. The maximum atomic E-state index is 11.6. The monoisotopic (exact) mass is 274 g/mol. The first-order valence-corrected chi connectivity index (χ1v) is 7.61. The fourth-order valence-electron chi connectivity index (χ4n) is 2.58. The molecule has 1 radical (unpaired) electrons. The van der Waals surface area contributed by atoms with Crippen LogP contribution in [0.15, 0.2) is 30.3 Å². The Balaban J connectivity index is 1.58. The molecule has 1 aliphatic carbocycles. The Morgan fingerprint density at radius 2 is 2.05 bits per heavy atom. The molecule has 20 heavy (non-hydrogen) atoms. The lowest BCUT2D eigenvalue weighted by atomic mass is 10.0. The van der Waals surface area contributed by atoms with Gasteiger partial charge in [0.25, 0.3) is 0 Å². The molecule has 1 atom stereocenters. The molecule has 1 amide bonds. The van der Waals surface area contributed by atoms with Crippen molar-refractivity contribution in [2.75, 3.05) is 13.2 Å². The topological polar surface area (TPSA) is 38.3 Å². The SMILES string of the molecule is O=C(NCC1CC[CH]CCC1)OCCc1ccccc1. The Morgan fingerprint density at radius 3 is 2.90 bits per heavy atom. The molecule has 3 nitrogen and oxygen atoms in total. The normalized spacial score (nSPS) is 16.4. The van der Waals surface area contributed by atoms with E-state index < -0.39 is 0 Å². The van der Waals surface area contributed by atoms with Crippen molar-refractivity contribution in [1.82, 2.24) is 5.32 Å². The second-order valence-corrected chi connectivity index (χ2v) is 5.42. The van der Waals surface area contributed by atoms with Crippen molar-refractivity contribution in [3.05, 3.63) is 42.3 Å². The summed E-state index contributed by atoms with van der Waals surface area (Å²) >= 11 is 0. The maximum Gasteiger partial charge on any atom is 0.407 e. The summed E-state index contributed by atoms with van der Waals surface area (Å²) < 4.78 is 5.21. The summed E-state index contributed by atoms with van der Waals surface area (Å²) in [6.07, 6.45) is 8.88. The molecule has 1 N–H and O–H groups in total. The molecule has 0 spiro atoms. The van der Waals surface area contributed by atoms with Crippen LogP contribution < -0.4 is 5.32 Å². The minimum Gasteiger partial charge on any atom is -0.449 e. The number of nitrogens with one attached hydrogen (secondary N) is 1. The van der Waals surface area contributed by atoms with Gasteiger partial charge in [-0.15, -0.1) is 0 Å². The van der Waals surface area contributed by atoms with E-state index in [2.05, 4.69) is 11.7 Å². The average Bonchev–Trinajstić information content (AvgIpc) is 2.75. The molecule has 0 saturated heterocycles. The molecule has 1 aromatic carbocycles. The number of ether oxygens (including phenoxy) is 1. The van der Waals surface area contributed by atoms with E-state index in [1.165, 1.54) is 37.7 Å². The number of amides is 1. The van der Waals surface area contributed by atoms with Gasteiger partial charge >= 0.3 is 6.09 Å². The lowest BCUT2D eigenvalue weighted by molar-refractivity contribution is 0.145. The highest BCUT2D eigenvalue weighted by Gasteiger charge is 2.13. The first-order chi connectivity index (χ1) is 9.84. The van der Waals surface area contributed by atoms with E-state index in [1.807, 2.05) is 30.3 Å². The summed E-state index contributed by atoms with van der Waals surface area (Å²) in [5.74, 6) is 0.607. The third kappa shape index (κ3) is 5.64. The van der Waals surface area contributed by atoms with Crippen molar-refractivity contribution < 1.29 is 9.53 Å². The van der Waals surface area contributed by atoms with Gasteiger partial charge < -0.3 is 10.1 Å². The number of benzene rings is 1. The van der Waals surface area contributed by atoms with Crippen molar-refractivity contribution in [2.45, 2.75) is 38.5 Å². The van der Waals surface area contributed by atoms with Crippen molar-refractivity contribution in [1.29, 1.82) is 0 Å². The Kier molecular flexibility index (Phi) is 6.42. The average molecular weight is 274 g/mol. The molecule has 1 aromatic rings. The van der Waals surface area contributed by atoms with Crippen LogP contribution in [0.1, 0.15) is 37.7 Å². The van der Waals surface area contributed by atoms with Crippen LogP contribution in [-0.4, -0.2) is 19.2 Å². The number of carbonyl (C=O) groups is 1. The van der Waals surface area contributed by atoms with E-state index in [-0.39, 0.29) is 6.09 Å². The maximum absolute atomic E-state index is 11.6. The summed E-state index contributed by atoms with van der Waals surface area (Å²) in [4.78, 5) is 11.6. The van der Waals surface area contributed by atoms with E-state index in [4.69, 9.17) is 4.74 Å². The predicted molar refractivity (Wildman–Crippen MR) is 80.4 cm³/mol. The summed E-state index contributed by atoms with van der Waals surface area (Å²) in [6.45, 7) is 1.19. The van der Waals surface area contributed by atoms with Crippen LogP contribution >= 0.6 is 0 Å². The summed E-state index contributed by atoms with van der Waals surface area (Å²) in [6, 6.07) is 10.1. The highest BCUT2D eigenvalue weighted by Crippen LogP contribution is 2.21. The number of hydrogen-bond donors (Lipinski definition) is 1. The van der Waals surface area contributed by atoms with Crippen molar-refractivity contribution >= 4 is 6.09 Å². The largest absolute Gasteiger partial charge is 0.449 e. The minimum atomic E-state index is -0.283. The van der Waals surface area contributed by atoms with Gasteiger partial charge in [-0.25, -0.2) is 4.79 Å². The van der Waals surface area contributed by atoms with Gasteiger partial charge in [0, 0.05) is 13.0 Å². The molecule has 0 heterocycles. The van der Waals surface area contributed by atoms with Crippen LogP contribution in [0, 0.1) is 12.3 Å². The fraction of sp³-hybridized carbons (Fsp3) is 0.529. The van der Waals surface area contributed by atoms with Crippen molar-refractivity contribution in [3.63, 3.8) is 0 Å². The summed E-state index contributed by atoms with van der Waals surface area (Å²) in [5.41, 5.74) is 1.19. The van der Waals surface area contributed by atoms with Gasteiger partial charge in [-0.2, -0.15) is 0 Å². The molecular formula is C17H24NO2.